The van der Waals surface area contributed by atoms with Gasteiger partial charge in [0.15, 0.2) is 0 Å². The molecule has 1 saturated heterocycles. The first kappa shape index (κ1) is 47.0. The third kappa shape index (κ3) is 10.1. The maximum atomic E-state index is 13.9. The van der Waals surface area contributed by atoms with Crippen LogP contribution in [-0.4, -0.2) is 120 Å². The minimum atomic E-state index is -0.663. The van der Waals surface area contributed by atoms with E-state index in [1.54, 1.807) is 44.1 Å². The number of rotatable bonds is 19. The molecule has 0 saturated carbocycles. The van der Waals surface area contributed by atoms with Crippen LogP contribution in [0.2, 0.25) is 0 Å². The maximum Gasteiger partial charge on any atom is 0.276 e. The number of allylic oxidation sites excluding steroid dienone is 2. The third-order valence-electron chi connectivity index (χ3n) is 11.3. The summed E-state index contributed by atoms with van der Waals surface area (Å²) in [7, 11) is 1.50. The Bertz CT molecular complexity index is 2830. The minimum Gasteiger partial charge on any atom is -0.494 e. The molecule has 2 aromatic carbocycles. The molecule has 0 atom stereocenters. The van der Waals surface area contributed by atoms with E-state index in [0.29, 0.717) is 106 Å². The van der Waals surface area contributed by atoms with Crippen molar-refractivity contribution in [3.8, 4) is 11.5 Å². The highest BCUT2D eigenvalue weighted by molar-refractivity contribution is 7.13. The van der Waals surface area contributed by atoms with Gasteiger partial charge in [-0.3, -0.25) is 44.2 Å². The number of hydrogen-bond donors (Lipinski definition) is 3. The number of aldehydes is 1. The molecule has 348 valence electrons. The van der Waals surface area contributed by atoms with Crippen molar-refractivity contribution in [1.29, 1.82) is 0 Å². The van der Waals surface area contributed by atoms with Gasteiger partial charge >= 0.3 is 0 Å². The van der Waals surface area contributed by atoms with Crippen molar-refractivity contribution in [2.75, 3.05) is 57.1 Å². The summed E-state index contributed by atoms with van der Waals surface area (Å²) >= 11 is 1.29. The Hall–Kier alpha value is -6.93. The van der Waals surface area contributed by atoms with Crippen molar-refractivity contribution in [2.45, 2.75) is 74.0 Å². The fourth-order valence-electron chi connectivity index (χ4n) is 8.07. The van der Waals surface area contributed by atoms with Crippen LogP contribution in [-0.2, 0) is 30.8 Å². The Morgan fingerprint density at radius 1 is 0.864 bits per heavy atom. The molecule has 19 nitrogen and oxygen atoms in total. The van der Waals surface area contributed by atoms with Crippen molar-refractivity contribution in [2.24, 2.45) is 11.7 Å². The van der Waals surface area contributed by atoms with E-state index in [1.165, 1.54) is 18.4 Å². The van der Waals surface area contributed by atoms with Gasteiger partial charge in [-0.1, -0.05) is 32.9 Å². The number of primary amides is 1. The molecule has 1 aliphatic rings. The number of methoxy groups -OCH3 is 1. The number of carbonyl (C=O) groups excluding carboxylic acids is 5. The molecular weight excluding hydrogens is 865 g/mol. The molecule has 0 spiro atoms. The Balaban J connectivity index is 1.20. The molecule has 7 rings (SSSR count). The van der Waals surface area contributed by atoms with Crippen LogP contribution < -0.4 is 25.8 Å². The molecule has 4 N–H and O–H groups in total. The highest BCUT2D eigenvalue weighted by Gasteiger charge is 2.25. The van der Waals surface area contributed by atoms with E-state index in [4.69, 9.17) is 25.2 Å². The van der Waals surface area contributed by atoms with E-state index >= 15 is 0 Å². The number of anilines is 2. The van der Waals surface area contributed by atoms with Crippen LogP contribution in [0.4, 0.5) is 11.9 Å². The van der Waals surface area contributed by atoms with Gasteiger partial charge in [-0.15, -0.1) is 11.3 Å². The molecule has 0 unspecified atom stereocenters. The lowest BCUT2D eigenvalue weighted by molar-refractivity contribution is -0.136. The number of imidazole rings is 2. The first-order chi connectivity index (χ1) is 31.7. The van der Waals surface area contributed by atoms with Gasteiger partial charge in [-0.25, -0.2) is 15.0 Å². The van der Waals surface area contributed by atoms with Crippen LogP contribution in [0.15, 0.2) is 42.5 Å². The van der Waals surface area contributed by atoms with E-state index < -0.39 is 11.8 Å². The Labute approximate surface area is 385 Å². The lowest BCUT2D eigenvalue weighted by Crippen LogP contribution is -2.50. The number of aryl methyl sites for hydroxylation is 4. The van der Waals surface area contributed by atoms with Crippen LogP contribution in [0.5, 0.6) is 11.5 Å². The largest absolute Gasteiger partial charge is 0.494 e. The molecule has 0 radical (unpaired) electrons. The van der Waals surface area contributed by atoms with E-state index in [9.17, 15) is 24.0 Å². The van der Waals surface area contributed by atoms with Crippen LogP contribution in [0.3, 0.4) is 0 Å². The number of carbonyl (C=O) groups is 5. The first-order valence-corrected chi connectivity index (χ1v) is 22.8. The molecule has 0 aliphatic carbocycles. The van der Waals surface area contributed by atoms with Crippen molar-refractivity contribution < 1.29 is 33.4 Å². The van der Waals surface area contributed by atoms with Crippen LogP contribution in [0, 0.1) is 19.8 Å². The molecule has 20 heteroatoms. The number of amides is 4. The molecule has 6 aromatic rings. The van der Waals surface area contributed by atoms with Gasteiger partial charge in [-0.2, -0.15) is 5.10 Å². The molecule has 0 bridgehead atoms. The fourth-order valence-corrected chi connectivity index (χ4v) is 8.97. The number of hydrogen-bond acceptors (Lipinski definition) is 13. The van der Waals surface area contributed by atoms with Crippen LogP contribution in [0.1, 0.15) is 91.4 Å². The number of benzene rings is 2. The Morgan fingerprint density at radius 3 is 2.12 bits per heavy atom. The Kier molecular flexibility index (Phi) is 14.6. The molecule has 66 heavy (non-hydrogen) atoms. The van der Waals surface area contributed by atoms with Gasteiger partial charge in [0.25, 0.3) is 11.8 Å². The highest BCUT2D eigenvalue weighted by atomic mass is 32.1. The maximum absolute atomic E-state index is 13.9. The quantitative estimate of drug-likeness (QED) is 0.0521. The van der Waals surface area contributed by atoms with Gasteiger partial charge in [0.1, 0.15) is 39.4 Å². The summed E-state index contributed by atoms with van der Waals surface area (Å²) in [5, 5.41) is 11.1. The van der Waals surface area contributed by atoms with Gasteiger partial charge in [-0.05, 0) is 63.9 Å². The van der Waals surface area contributed by atoms with Crippen LogP contribution in [0.25, 0.3) is 22.1 Å². The predicted octanol–water partition coefficient (Wildman–Crippen LogP) is 5.49. The van der Waals surface area contributed by atoms with Gasteiger partial charge < -0.3 is 29.2 Å². The van der Waals surface area contributed by atoms with E-state index in [1.807, 2.05) is 58.6 Å². The standard InChI is InChI=1S/C46H56N12O7S/c1-8-32-40(66-29(6)48-32)43(62)52-46-50-34-24-31(41(47)60)25-37(65-20-12-13-54-16-18-55(19-17-54)44(63)27(3)4)39(34)57(46)15-11-10-14-56-38-33(22-30(26-59)23-36(38)64-7)49-45(56)51-42(61)35-21-28(5)53-58(35)9-2/h10-11,21-27H,8-9,12-20H2,1-7H3,(H2,47,60)(H,49,51,61)(H,50,52,62)/b11-10+. The van der Waals surface area contributed by atoms with Crippen molar-refractivity contribution in [3.05, 3.63) is 80.6 Å². The molecule has 5 heterocycles. The average Bonchev–Trinajstić information content (AvgIpc) is 4.07. The number of aromatic nitrogens is 7. The molecule has 1 aliphatic heterocycles. The second-order valence-electron chi connectivity index (χ2n) is 16.3. The molecule has 1 fully saturated rings. The molecule has 4 amide bonds. The van der Waals surface area contributed by atoms with Gasteiger partial charge in [0.05, 0.1) is 41.1 Å². The minimum absolute atomic E-state index is 0.0409. The van der Waals surface area contributed by atoms with Crippen molar-refractivity contribution in [1.82, 2.24) is 43.7 Å². The first-order valence-electron chi connectivity index (χ1n) is 22.0. The van der Waals surface area contributed by atoms with E-state index in [-0.39, 0.29) is 48.3 Å². The van der Waals surface area contributed by atoms with Crippen molar-refractivity contribution >= 4 is 75.2 Å². The SMILES string of the molecule is CCc1nc(C)sc1C(=O)Nc1nc2cc(C(N)=O)cc(OCCCN3CCN(C(=O)C(C)C)CC3)c2n1C/C=C/Cn1c(NC(=O)c2cc(C)nn2CC)nc2cc(C=O)cc(OC)c21. The number of ether oxygens (including phenoxy) is 2. The lowest BCUT2D eigenvalue weighted by atomic mass is 10.1. The summed E-state index contributed by atoms with van der Waals surface area (Å²) in [6.07, 6.45) is 5.68. The fraction of sp³-hybridized carbons (Fsp3) is 0.413. The third-order valence-corrected chi connectivity index (χ3v) is 12.3. The zero-order valence-corrected chi connectivity index (χ0v) is 39.2. The summed E-state index contributed by atoms with van der Waals surface area (Å²) in [4.78, 5) is 83.4. The zero-order valence-electron chi connectivity index (χ0n) is 38.3. The normalized spacial score (nSPS) is 13.3. The number of thiazole rings is 1. The predicted molar refractivity (Wildman–Crippen MR) is 252 cm³/mol. The summed E-state index contributed by atoms with van der Waals surface area (Å²) in [6, 6.07) is 8.10. The summed E-state index contributed by atoms with van der Waals surface area (Å²) in [6.45, 7) is 16.1. The molecular formula is C46H56N12O7S. The Morgan fingerprint density at radius 2 is 1.52 bits per heavy atom. The second kappa shape index (κ2) is 20.5. The van der Waals surface area contributed by atoms with Crippen molar-refractivity contribution in [3.63, 3.8) is 0 Å². The number of nitrogens with zero attached hydrogens (tertiary/aromatic N) is 9. The average molecular weight is 921 g/mol. The zero-order chi connectivity index (χ0) is 47.2. The summed E-state index contributed by atoms with van der Waals surface area (Å²) in [5.41, 5.74) is 9.99. The number of piperazine rings is 1. The monoisotopic (exact) mass is 920 g/mol. The van der Waals surface area contributed by atoms with E-state index in [2.05, 4.69) is 25.6 Å². The van der Waals surface area contributed by atoms with Gasteiger partial charge in [0, 0.05) is 69.4 Å². The second-order valence-corrected chi connectivity index (χ2v) is 17.5. The number of nitrogens with one attached hydrogen (secondary N) is 2. The summed E-state index contributed by atoms with van der Waals surface area (Å²) < 4.78 is 17.3. The van der Waals surface area contributed by atoms with Gasteiger partial charge in [0.2, 0.25) is 23.7 Å². The highest BCUT2D eigenvalue weighted by Crippen LogP contribution is 2.33. The van der Waals surface area contributed by atoms with E-state index in [0.717, 1.165) is 24.6 Å². The topological polar surface area (TPSA) is 227 Å². The summed E-state index contributed by atoms with van der Waals surface area (Å²) in [5.74, 6) is -0.157. The molecule has 4 aromatic heterocycles. The smallest absolute Gasteiger partial charge is 0.276 e. The van der Waals surface area contributed by atoms with Crippen LogP contribution >= 0.6 is 11.3 Å². The number of nitrogens with two attached hydrogens (primary N) is 1. The number of fused-ring (bicyclic) bond motifs is 2. The lowest BCUT2D eigenvalue weighted by Gasteiger charge is -2.35.